The van der Waals surface area contributed by atoms with Crippen molar-refractivity contribution in [2.75, 3.05) is 20.6 Å². The summed E-state index contributed by atoms with van der Waals surface area (Å²) in [6.07, 6.45) is 1.23. The van der Waals surface area contributed by atoms with Gasteiger partial charge in [-0.25, -0.2) is 0 Å². The maximum atomic E-state index is 2.29. The van der Waals surface area contributed by atoms with Crippen LogP contribution < -0.4 is 24.8 Å². The van der Waals surface area contributed by atoms with Crippen molar-refractivity contribution in [2.24, 2.45) is 0 Å². The van der Waals surface area contributed by atoms with Gasteiger partial charge in [-0.3, -0.25) is 0 Å². The molecule has 1 unspecified atom stereocenters. The molecule has 1 aliphatic rings. The Morgan fingerprint density at radius 1 is 1.17 bits per heavy atom. The third kappa shape index (κ3) is 3.62. The molecule has 0 saturated carbocycles. The normalized spacial score (nSPS) is 17.3. The summed E-state index contributed by atoms with van der Waals surface area (Å²) in [6, 6.07) is 8.84. The van der Waals surface area contributed by atoms with E-state index in [1.165, 1.54) is 21.4 Å². The van der Waals surface area contributed by atoms with Crippen molar-refractivity contribution in [3.63, 3.8) is 0 Å². The molecule has 0 saturated heterocycles. The van der Waals surface area contributed by atoms with Gasteiger partial charge in [-0.1, -0.05) is 0 Å². The van der Waals surface area contributed by atoms with Gasteiger partial charge in [0, 0.05) is 0 Å². The second kappa shape index (κ2) is 7.72. The van der Waals surface area contributed by atoms with E-state index in [-0.39, 0.29) is 24.8 Å². The maximum absolute atomic E-state index is 2.29. The minimum atomic E-state index is 0. The van der Waals surface area contributed by atoms with Crippen LogP contribution in [0.15, 0.2) is 29.8 Å². The molecule has 0 bridgehead atoms. The van der Waals surface area contributed by atoms with Crippen molar-refractivity contribution in [2.45, 2.75) is 19.3 Å². The Labute approximate surface area is 134 Å². The third-order valence-corrected chi connectivity index (χ3v) is 4.42. The van der Waals surface area contributed by atoms with Gasteiger partial charge in [0.25, 0.3) is 0 Å². The summed E-state index contributed by atoms with van der Waals surface area (Å²) < 4.78 is 1.49. The number of fused-ring (bicyclic) bond motifs is 1. The van der Waals surface area contributed by atoms with E-state index in [0.29, 0.717) is 5.92 Å². The number of nitrogens with zero attached hydrogens (tertiary/aromatic N) is 1. The standard InChI is InChI=1S/C14H18N.2ClH.Ti/c1-11-10-12-6-4-5-7-14(12)13(11)8-9-15(2)3;;;/h4-7,13H,8-9H2,1-3H3;2*1H;/q;;;+2/p-2. The maximum Gasteiger partial charge on any atom is -1.00 e. The SMILES string of the molecule is CC1=[C]([Ti+2])c2ccccc2C1CCN(C)C.[Cl-].[Cl-]. The van der Waals surface area contributed by atoms with Gasteiger partial charge in [-0.15, -0.1) is 0 Å². The second-order valence-electron chi connectivity index (χ2n) is 4.79. The minimum Gasteiger partial charge on any atom is -1.00 e. The van der Waals surface area contributed by atoms with Crippen LogP contribution in [0.3, 0.4) is 0 Å². The van der Waals surface area contributed by atoms with Gasteiger partial charge in [0.1, 0.15) is 0 Å². The molecule has 2 rings (SSSR count). The van der Waals surface area contributed by atoms with Crippen LogP contribution in [-0.2, 0) is 20.4 Å². The number of hydrogen-bond donors (Lipinski definition) is 0. The molecule has 0 aliphatic heterocycles. The third-order valence-electron chi connectivity index (χ3n) is 3.39. The number of allylic oxidation sites excluding steroid dienone is 1. The monoisotopic (exact) mass is 318 g/mol. The van der Waals surface area contributed by atoms with Crippen LogP contribution in [0.5, 0.6) is 0 Å². The van der Waals surface area contributed by atoms with E-state index >= 15 is 0 Å². The molecule has 0 heterocycles. The van der Waals surface area contributed by atoms with Gasteiger partial charge in [0.2, 0.25) is 0 Å². The summed E-state index contributed by atoms with van der Waals surface area (Å²) in [7, 11) is 4.29. The van der Waals surface area contributed by atoms with E-state index in [9.17, 15) is 0 Å². The van der Waals surface area contributed by atoms with E-state index in [2.05, 4.69) is 70.6 Å². The first-order valence-corrected chi connectivity index (χ1v) is 6.55. The number of rotatable bonds is 3. The van der Waals surface area contributed by atoms with Crippen molar-refractivity contribution >= 4 is 3.88 Å². The topological polar surface area (TPSA) is 3.24 Å². The molecule has 4 heteroatoms. The molecule has 18 heavy (non-hydrogen) atoms. The smallest absolute Gasteiger partial charge is 1.00 e. The molecule has 1 aromatic rings. The number of hydrogen-bond acceptors (Lipinski definition) is 1. The van der Waals surface area contributed by atoms with Gasteiger partial charge in [0.05, 0.1) is 0 Å². The van der Waals surface area contributed by atoms with Crippen molar-refractivity contribution in [1.29, 1.82) is 0 Å². The fraction of sp³-hybridized carbons (Fsp3) is 0.429. The van der Waals surface area contributed by atoms with E-state index in [4.69, 9.17) is 0 Å². The zero-order chi connectivity index (χ0) is 11.7. The van der Waals surface area contributed by atoms with Gasteiger partial charge in [0.15, 0.2) is 0 Å². The van der Waals surface area contributed by atoms with Gasteiger partial charge in [-0.2, -0.15) is 0 Å². The molecule has 0 aromatic heterocycles. The average molecular weight is 319 g/mol. The molecular formula is C14H18Cl2NTi. The van der Waals surface area contributed by atoms with E-state index < -0.39 is 0 Å². The van der Waals surface area contributed by atoms with Crippen LogP contribution >= 0.6 is 0 Å². The molecule has 1 aliphatic carbocycles. The summed E-state index contributed by atoms with van der Waals surface area (Å²) >= 11 is 2.25. The zero-order valence-electron chi connectivity index (χ0n) is 11.0. The molecule has 0 spiro atoms. The molecule has 1 aromatic carbocycles. The van der Waals surface area contributed by atoms with Crippen LogP contribution in [-0.4, -0.2) is 25.5 Å². The first-order chi connectivity index (χ1) is 7.61. The van der Waals surface area contributed by atoms with Crippen LogP contribution in [0.2, 0.25) is 0 Å². The van der Waals surface area contributed by atoms with E-state index in [0.717, 1.165) is 6.54 Å². The van der Waals surface area contributed by atoms with Crippen molar-refractivity contribution in [3.8, 4) is 0 Å². The molecule has 0 radical (unpaired) electrons. The fourth-order valence-electron chi connectivity index (χ4n) is 2.41. The Balaban J connectivity index is 0.00000144. The number of halogens is 2. The molecule has 0 amide bonds. The zero-order valence-corrected chi connectivity index (χ0v) is 14.1. The largest absolute Gasteiger partial charge is 1.00 e. The van der Waals surface area contributed by atoms with E-state index in [1.54, 1.807) is 5.57 Å². The Morgan fingerprint density at radius 2 is 1.78 bits per heavy atom. The molecule has 0 N–H and O–H groups in total. The second-order valence-corrected chi connectivity index (χ2v) is 5.57. The number of benzene rings is 1. The summed E-state index contributed by atoms with van der Waals surface area (Å²) in [5.74, 6) is 0.638. The fourth-order valence-corrected chi connectivity index (χ4v) is 3.04. The predicted molar refractivity (Wildman–Crippen MR) is 64.9 cm³/mol. The molecular weight excluding hydrogens is 301 g/mol. The Kier molecular flexibility index (Phi) is 7.81. The van der Waals surface area contributed by atoms with Gasteiger partial charge < -0.3 is 24.8 Å². The van der Waals surface area contributed by atoms with Crippen LogP contribution in [0, 0.1) is 0 Å². The Hall–Kier alpha value is 0.214. The van der Waals surface area contributed by atoms with Gasteiger partial charge >= 0.3 is 110 Å². The molecule has 97 valence electrons. The minimum absolute atomic E-state index is 0. The van der Waals surface area contributed by atoms with E-state index in [1.807, 2.05) is 0 Å². The predicted octanol–water partition coefficient (Wildman–Crippen LogP) is -2.98. The first-order valence-electron chi connectivity index (χ1n) is 5.77. The van der Waals surface area contributed by atoms with Crippen molar-refractivity contribution in [3.05, 3.63) is 41.0 Å². The average Bonchev–Trinajstić information content (AvgIpc) is 2.50. The summed E-state index contributed by atoms with van der Waals surface area (Å²) in [5, 5.41) is 0. The summed E-state index contributed by atoms with van der Waals surface area (Å²) in [6.45, 7) is 3.44. The van der Waals surface area contributed by atoms with Gasteiger partial charge in [-0.05, 0) is 0 Å². The van der Waals surface area contributed by atoms with Crippen molar-refractivity contribution < 1.29 is 45.2 Å². The Bertz CT molecular complexity index is 430. The quantitative estimate of drug-likeness (QED) is 0.538. The van der Waals surface area contributed by atoms with Crippen LogP contribution in [0.25, 0.3) is 3.88 Å². The summed E-state index contributed by atoms with van der Waals surface area (Å²) in [4.78, 5) is 2.27. The van der Waals surface area contributed by atoms with Crippen molar-refractivity contribution in [1.82, 2.24) is 4.90 Å². The molecule has 0 fully saturated rings. The first kappa shape index (κ1) is 18.2. The molecule has 1 nitrogen and oxygen atoms in total. The Morgan fingerprint density at radius 3 is 2.39 bits per heavy atom. The molecule has 1 atom stereocenters. The van der Waals surface area contributed by atoms with Crippen LogP contribution in [0.4, 0.5) is 0 Å². The summed E-state index contributed by atoms with van der Waals surface area (Å²) in [5.41, 5.74) is 4.55. The van der Waals surface area contributed by atoms with Crippen LogP contribution in [0.1, 0.15) is 30.4 Å².